The molecule has 0 amide bonds. The summed E-state index contributed by atoms with van der Waals surface area (Å²) in [4.78, 5) is 10.3. The van der Waals surface area contributed by atoms with Gasteiger partial charge in [-0.3, -0.25) is 10.1 Å². The number of nitrogens with one attached hydrogen (secondary N) is 1. The van der Waals surface area contributed by atoms with E-state index in [0.29, 0.717) is 4.47 Å². The molecule has 0 heterocycles. The Balaban J connectivity index is 2.22. The van der Waals surface area contributed by atoms with Crippen molar-refractivity contribution in [2.45, 2.75) is 19.4 Å². The number of anilines is 1. The van der Waals surface area contributed by atoms with Gasteiger partial charge in [0, 0.05) is 22.3 Å². The maximum atomic E-state index is 10.7. The van der Waals surface area contributed by atoms with Crippen LogP contribution in [0.3, 0.4) is 0 Å². The highest BCUT2D eigenvalue weighted by molar-refractivity contribution is 9.10. The highest BCUT2D eigenvalue weighted by Gasteiger charge is 2.13. The minimum atomic E-state index is -0.425. The van der Waals surface area contributed by atoms with Gasteiger partial charge in [0.1, 0.15) is 5.75 Å². The zero-order chi connectivity index (χ0) is 15.4. The summed E-state index contributed by atoms with van der Waals surface area (Å²) in [5.41, 5.74) is 1.88. The molecule has 110 valence electrons. The number of aromatic hydroxyl groups is 1. The Morgan fingerprint density at radius 2 is 1.95 bits per heavy atom. The smallest absolute Gasteiger partial charge is 0.270 e. The average molecular weight is 351 g/mol. The third-order valence-electron chi connectivity index (χ3n) is 3.20. The van der Waals surface area contributed by atoms with Crippen molar-refractivity contribution in [3.05, 3.63) is 62.6 Å². The molecular weight excluding hydrogens is 336 g/mol. The molecule has 21 heavy (non-hydrogen) atoms. The van der Waals surface area contributed by atoms with Crippen molar-refractivity contribution in [1.29, 1.82) is 0 Å². The van der Waals surface area contributed by atoms with E-state index in [2.05, 4.69) is 21.2 Å². The third-order valence-corrected chi connectivity index (χ3v) is 3.85. The van der Waals surface area contributed by atoms with E-state index >= 15 is 0 Å². The Bertz CT molecular complexity index is 644. The molecule has 2 N–H and O–H groups in total. The molecule has 5 nitrogen and oxygen atoms in total. The molecule has 0 bridgehead atoms. The van der Waals surface area contributed by atoms with E-state index in [0.717, 1.165) is 17.7 Å². The zero-order valence-electron chi connectivity index (χ0n) is 11.4. The SMILES string of the molecule is CCC(Nc1ccc([N+](=O)[O-])cc1Br)c1ccc(O)cc1. The summed E-state index contributed by atoms with van der Waals surface area (Å²) in [5.74, 6) is 0.227. The molecule has 2 rings (SSSR count). The van der Waals surface area contributed by atoms with Gasteiger partial charge in [0.25, 0.3) is 5.69 Å². The second-order valence-electron chi connectivity index (χ2n) is 4.62. The molecule has 0 aliphatic heterocycles. The van der Waals surface area contributed by atoms with E-state index in [1.165, 1.54) is 12.1 Å². The van der Waals surface area contributed by atoms with E-state index < -0.39 is 4.92 Å². The molecule has 6 heteroatoms. The Morgan fingerprint density at radius 1 is 1.29 bits per heavy atom. The van der Waals surface area contributed by atoms with Gasteiger partial charge in [0.05, 0.1) is 11.0 Å². The zero-order valence-corrected chi connectivity index (χ0v) is 13.0. The number of nitro benzene ring substituents is 1. The first-order chi connectivity index (χ1) is 10.0. The number of phenols is 1. The van der Waals surface area contributed by atoms with Crippen molar-refractivity contribution >= 4 is 27.3 Å². The molecule has 0 radical (unpaired) electrons. The number of nitrogens with zero attached hydrogens (tertiary/aromatic N) is 1. The molecule has 0 aliphatic carbocycles. The third kappa shape index (κ3) is 3.72. The van der Waals surface area contributed by atoms with Gasteiger partial charge in [-0.2, -0.15) is 0 Å². The number of benzene rings is 2. The lowest BCUT2D eigenvalue weighted by Gasteiger charge is -2.19. The van der Waals surface area contributed by atoms with Crippen LogP contribution in [0.2, 0.25) is 0 Å². The fourth-order valence-electron chi connectivity index (χ4n) is 2.05. The number of rotatable bonds is 5. The van der Waals surface area contributed by atoms with Gasteiger partial charge < -0.3 is 10.4 Å². The van der Waals surface area contributed by atoms with Crippen LogP contribution >= 0.6 is 15.9 Å². The molecule has 0 saturated heterocycles. The van der Waals surface area contributed by atoms with Crippen LogP contribution in [-0.2, 0) is 0 Å². The quantitative estimate of drug-likeness (QED) is 0.609. The molecule has 0 saturated carbocycles. The van der Waals surface area contributed by atoms with Gasteiger partial charge >= 0.3 is 0 Å². The van der Waals surface area contributed by atoms with E-state index in [1.54, 1.807) is 18.2 Å². The molecule has 0 aliphatic rings. The summed E-state index contributed by atoms with van der Waals surface area (Å²) in [7, 11) is 0. The van der Waals surface area contributed by atoms with Gasteiger partial charge in [-0.1, -0.05) is 19.1 Å². The van der Waals surface area contributed by atoms with Crippen molar-refractivity contribution in [2.75, 3.05) is 5.32 Å². The summed E-state index contributed by atoms with van der Waals surface area (Å²) < 4.78 is 0.647. The van der Waals surface area contributed by atoms with E-state index in [9.17, 15) is 15.2 Å². The Hall–Kier alpha value is -2.08. The maximum Gasteiger partial charge on any atom is 0.270 e. The standard InChI is InChI=1S/C15H15BrN2O3/c1-2-14(10-3-6-12(19)7-4-10)17-15-8-5-11(18(20)21)9-13(15)16/h3-9,14,17,19H,2H2,1H3. The fraction of sp³-hybridized carbons (Fsp3) is 0.200. The second kappa shape index (κ2) is 6.58. The van der Waals surface area contributed by atoms with Crippen LogP contribution in [0.1, 0.15) is 24.9 Å². The van der Waals surface area contributed by atoms with Crippen LogP contribution in [0.25, 0.3) is 0 Å². The summed E-state index contributed by atoms with van der Waals surface area (Å²) in [6, 6.07) is 11.7. The van der Waals surface area contributed by atoms with Crippen LogP contribution in [0.4, 0.5) is 11.4 Å². The second-order valence-corrected chi connectivity index (χ2v) is 5.47. The van der Waals surface area contributed by atoms with Gasteiger partial charge in [0.2, 0.25) is 0 Å². The Morgan fingerprint density at radius 3 is 2.48 bits per heavy atom. The Kier molecular flexibility index (Phi) is 4.80. The summed E-state index contributed by atoms with van der Waals surface area (Å²) in [5, 5.41) is 23.4. The lowest BCUT2D eigenvalue weighted by Crippen LogP contribution is -2.10. The lowest BCUT2D eigenvalue weighted by atomic mass is 10.0. The van der Waals surface area contributed by atoms with E-state index in [4.69, 9.17) is 0 Å². The van der Waals surface area contributed by atoms with Crippen LogP contribution in [-0.4, -0.2) is 10.0 Å². The minimum Gasteiger partial charge on any atom is -0.508 e. The van der Waals surface area contributed by atoms with Crippen molar-refractivity contribution in [3.63, 3.8) is 0 Å². The predicted molar refractivity (Wildman–Crippen MR) is 85.6 cm³/mol. The minimum absolute atomic E-state index is 0.0464. The number of nitro groups is 1. The van der Waals surface area contributed by atoms with E-state index in [-0.39, 0.29) is 17.5 Å². The Labute approximate surface area is 130 Å². The molecule has 2 aromatic rings. The molecule has 1 atom stereocenters. The summed E-state index contributed by atoms with van der Waals surface area (Å²) >= 11 is 3.35. The molecule has 1 unspecified atom stereocenters. The van der Waals surface area contributed by atoms with Crippen LogP contribution in [0, 0.1) is 10.1 Å². The molecule has 0 spiro atoms. The number of phenolic OH excluding ortho intramolecular Hbond substituents is 1. The van der Waals surface area contributed by atoms with Gasteiger partial charge in [-0.15, -0.1) is 0 Å². The fourth-order valence-corrected chi connectivity index (χ4v) is 2.53. The van der Waals surface area contributed by atoms with Crippen LogP contribution < -0.4 is 5.32 Å². The van der Waals surface area contributed by atoms with Crippen LogP contribution in [0.15, 0.2) is 46.9 Å². The number of halogens is 1. The lowest BCUT2D eigenvalue weighted by molar-refractivity contribution is -0.384. The normalized spacial score (nSPS) is 11.9. The predicted octanol–water partition coefficient (Wildman–Crippen LogP) is 4.63. The first-order valence-corrected chi connectivity index (χ1v) is 7.30. The van der Waals surface area contributed by atoms with E-state index in [1.807, 2.05) is 19.1 Å². The average Bonchev–Trinajstić information content (AvgIpc) is 2.47. The molecule has 2 aromatic carbocycles. The van der Waals surface area contributed by atoms with Gasteiger partial charge in [-0.05, 0) is 46.1 Å². The summed E-state index contributed by atoms with van der Waals surface area (Å²) in [6.07, 6.45) is 0.841. The first kappa shape index (κ1) is 15.3. The first-order valence-electron chi connectivity index (χ1n) is 6.50. The van der Waals surface area contributed by atoms with Crippen molar-refractivity contribution < 1.29 is 10.0 Å². The summed E-state index contributed by atoms with van der Waals surface area (Å²) in [6.45, 7) is 2.05. The number of non-ortho nitro benzene ring substituents is 1. The highest BCUT2D eigenvalue weighted by atomic mass is 79.9. The van der Waals surface area contributed by atoms with Crippen molar-refractivity contribution in [3.8, 4) is 5.75 Å². The molecular formula is C15H15BrN2O3. The number of hydrogen-bond donors (Lipinski definition) is 2. The maximum absolute atomic E-state index is 10.7. The molecule has 0 aromatic heterocycles. The van der Waals surface area contributed by atoms with Crippen molar-refractivity contribution in [1.82, 2.24) is 0 Å². The highest BCUT2D eigenvalue weighted by Crippen LogP contribution is 2.31. The monoisotopic (exact) mass is 350 g/mol. The van der Waals surface area contributed by atoms with Gasteiger partial charge in [0.15, 0.2) is 0 Å². The topological polar surface area (TPSA) is 75.4 Å². The largest absolute Gasteiger partial charge is 0.508 e. The number of hydrogen-bond acceptors (Lipinski definition) is 4. The van der Waals surface area contributed by atoms with Gasteiger partial charge in [-0.25, -0.2) is 0 Å². The van der Waals surface area contributed by atoms with Crippen LogP contribution in [0.5, 0.6) is 5.75 Å². The van der Waals surface area contributed by atoms with Crippen molar-refractivity contribution in [2.24, 2.45) is 0 Å². The molecule has 0 fully saturated rings.